The number of aromatic nitrogens is 1. The normalized spacial score (nSPS) is 28.9. The standard InChI is InChI=1S/C17H29N3S/c1-4-11-18-14-7-6-8-15-16(14)19-17(21-15)20-12(3)9-10-13(20)5-2/h12-14,18H,4-11H2,1-3H3. The van der Waals surface area contributed by atoms with Crippen LogP contribution in [-0.4, -0.2) is 23.6 Å². The van der Waals surface area contributed by atoms with Crippen LogP contribution >= 0.6 is 11.3 Å². The Balaban J connectivity index is 1.83. The molecule has 0 bridgehead atoms. The summed E-state index contributed by atoms with van der Waals surface area (Å²) < 4.78 is 0. The van der Waals surface area contributed by atoms with Crippen molar-refractivity contribution >= 4 is 16.5 Å². The van der Waals surface area contributed by atoms with Crippen molar-refractivity contribution in [3.05, 3.63) is 10.6 Å². The summed E-state index contributed by atoms with van der Waals surface area (Å²) in [4.78, 5) is 9.25. The van der Waals surface area contributed by atoms with E-state index in [0.29, 0.717) is 18.1 Å². The van der Waals surface area contributed by atoms with Gasteiger partial charge in [-0.15, -0.1) is 11.3 Å². The van der Waals surface area contributed by atoms with E-state index in [1.54, 1.807) is 4.88 Å². The van der Waals surface area contributed by atoms with Gasteiger partial charge in [-0.3, -0.25) is 0 Å². The second kappa shape index (κ2) is 6.66. The zero-order valence-corrected chi connectivity index (χ0v) is 14.5. The topological polar surface area (TPSA) is 28.2 Å². The van der Waals surface area contributed by atoms with Crippen molar-refractivity contribution in [3.8, 4) is 0 Å². The first-order chi connectivity index (χ1) is 10.2. The van der Waals surface area contributed by atoms with Crippen LogP contribution in [0, 0.1) is 0 Å². The average molecular weight is 308 g/mol. The highest BCUT2D eigenvalue weighted by Crippen LogP contribution is 2.40. The summed E-state index contributed by atoms with van der Waals surface area (Å²) in [5.41, 5.74) is 1.36. The number of thiazole rings is 1. The Morgan fingerprint density at radius 3 is 2.90 bits per heavy atom. The van der Waals surface area contributed by atoms with Crippen LogP contribution in [0.1, 0.15) is 75.9 Å². The summed E-state index contributed by atoms with van der Waals surface area (Å²) in [5.74, 6) is 0. The van der Waals surface area contributed by atoms with Crippen LogP contribution in [0.15, 0.2) is 0 Å². The largest absolute Gasteiger partial charge is 0.342 e. The molecule has 1 fully saturated rings. The SMILES string of the molecule is CCCNC1CCCc2sc(N3C(C)CCC3CC)nc21. The van der Waals surface area contributed by atoms with Gasteiger partial charge in [-0.25, -0.2) is 4.98 Å². The van der Waals surface area contributed by atoms with E-state index in [0.717, 1.165) is 6.54 Å². The predicted molar refractivity (Wildman–Crippen MR) is 91.3 cm³/mol. The molecule has 4 heteroatoms. The first kappa shape index (κ1) is 15.3. The fourth-order valence-corrected chi connectivity index (χ4v) is 5.19. The Morgan fingerprint density at radius 1 is 1.29 bits per heavy atom. The van der Waals surface area contributed by atoms with Gasteiger partial charge in [-0.2, -0.15) is 0 Å². The van der Waals surface area contributed by atoms with E-state index in [2.05, 4.69) is 31.0 Å². The molecule has 0 aromatic carbocycles. The number of rotatable bonds is 5. The van der Waals surface area contributed by atoms with E-state index in [4.69, 9.17) is 4.98 Å². The lowest BCUT2D eigenvalue weighted by Crippen LogP contribution is -2.34. The molecule has 1 aromatic rings. The van der Waals surface area contributed by atoms with E-state index < -0.39 is 0 Å². The molecule has 0 amide bonds. The molecule has 3 atom stereocenters. The summed E-state index contributed by atoms with van der Waals surface area (Å²) in [7, 11) is 0. The first-order valence-electron chi connectivity index (χ1n) is 8.75. The fourth-order valence-electron chi connectivity index (χ4n) is 3.85. The lowest BCUT2D eigenvalue weighted by Gasteiger charge is -2.27. The molecule has 2 aliphatic rings. The second-order valence-corrected chi connectivity index (χ2v) is 7.66. The van der Waals surface area contributed by atoms with Crippen LogP contribution in [-0.2, 0) is 6.42 Å². The molecule has 2 heterocycles. The van der Waals surface area contributed by atoms with E-state index in [1.165, 1.54) is 55.8 Å². The third kappa shape index (κ3) is 2.98. The van der Waals surface area contributed by atoms with Gasteiger partial charge in [0.1, 0.15) is 0 Å². The van der Waals surface area contributed by atoms with Crippen LogP contribution in [0.3, 0.4) is 0 Å². The van der Waals surface area contributed by atoms with Gasteiger partial charge in [-0.1, -0.05) is 13.8 Å². The average Bonchev–Trinajstić information content (AvgIpc) is 3.07. The van der Waals surface area contributed by atoms with Gasteiger partial charge < -0.3 is 10.2 Å². The van der Waals surface area contributed by atoms with E-state index in [-0.39, 0.29) is 0 Å². The molecule has 1 aromatic heterocycles. The highest BCUT2D eigenvalue weighted by atomic mass is 32.1. The quantitative estimate of drug-likeness (QED) is 0.879. The van der Waals surface area contributed by atoms with Gasteiger partial charge in [0.2, 0.25) is 0 Å². The number of hydrogen-bond donors (Lipinski definition) is 1. The first-order valence-corrected chi connectivity index (χ1v) is 9.57. The van der Waals surface area contributed by atoms with E-state index in [1.807, 2.05) is 11.3 Å². The zero-order valence-electron chi connectivity index (χ0n) is 13.7. The van der Waals surface area contributed by atoms with Crippen molar-refractivity contribution in [1.29, 1.82) is 0 Å². The summed E-state index contributed by atoms with van der Waals surface area (Å²) in [6, 6.07) is 1.86. The Labute approximate surface area is 133 Å². The molecular weight excluding hydrogens is 278 g/mol. The van der Waals surface area contributed by atoms with Crippen LogP contribution in [0.25, 0.3) is 0 Å². The highest BCUT2D eigenvalue weighted by molar-refractivity contribution is 7.15. The predicted octanol–water partition coefficient (Wildman–Crippen LogP) is 4.29. The number of nitrogens with one attached hydrogen (secondary N) is 1. The van der Waals surface area contributed by atoms with E-state index in [9.17, 15) is 0 Å². The molecule has 3 nitrogen and oxygen atoms in total. The summed E-state index contributed by atoms with van der Waals surface area (Å²) >= 11 is 1.97. The van der Waals surface area contributed by atoms with Gasteiger partial charge in [0.05, 0.1) is 11.7 Å². The van der Waals surface area contributed by atoms with Crippen LogP contribution < -0.4 is 10.2 Å². The number of aryl methyl sites for hydroxylation is 1. The highest BCUT2D eigenvalue weighted by Gasteiger charge is 2.33. The minimum atomic E-state index is 0.497. The third-order valence-electron chi connectivity index (χ3n) is 5.06. The molecule has 1 aliphatic carbocycles. The number of anilines is 1. The van der Waals surface area contributed by atoms with Gasteiger partial charge in [0.25, 0.3) is 0 Å². The zero-order chi connectivity index (χ0) is 14.8. The molecule has 3 rings (SSSR count). The summed E-state index contributed by atoms with van der Waals surface area (Å²) in [5, 5.41) is 4.99. The van der Waals surface area contributed by atoms with Gasteiger partial charge in [-0.05, 0) is 58.4 Å². The molecule has 0 spiro atoms. The minimum absolute atomic E-state index is 0.497. The van der Waals surface area contributed by atoms with Crippen molar-refractivity contribution in [1.82, 2.24) is 10.3 Å². The Kier molecular flexibility index (Phi) is 4.85. The summed E-state index contributed by atoms with van der Waals surface area (Å²) in [6.45, 7) is 8.02. The van der Waals surface area contributed by atoms with Crippen molar-refractivity contribution in [3.63, 3.8) is 0 Å². The maximum Gasteiger partial charge on any atom is 0.186 e. The van der Waals surface area contributed by atoms with Gasteiger partial charge in [0.15, 0.2) is 5.13 Å². The number of fused-ring (bicyclic) bond motifs is 1. The van der Waals surface area contributed by atoms with Crippen LogP contribution in [0.5, 0.6) is 0 Å². The lowest BCUT2D eigenvalue weighted by atomic mass is 9.97. The Bertz CT molecular complexity index is 471. The maximum atomic E-state index is 5.10. The molecule has 0 radical (unpaired) electrons. The molecule has 1 N–H and O–H groups in total. The molecule has 1 aliphatic heterocycles. The smallest absolute Gasteiger partial charge is 0.186 e. The molecule has 118 valence electrons. The summed E-state index contributed by atoms with van der Waals surface area (Å²) in [6.07, 6.45) is 8.89. The molecule has 0 saturated carbocycles. The number of nitrogens with zero attached hydrogens (tertiary/aromatic N) is 2. The lowest BCUT2D eigenvalue weighted by molar-refractivity contribution is 0.454. The molecule has 21 heavy (non-hydrogen) atoms. The third-order valence-corrected chi connectivity index (χ3v) is 6.21. The monoisotopic (exact) mass is 307 g/mol. The van der Waals surface area contributed by atoms with Crippen molar-refractivity contribution < 1.29 is 0 Å². The van der Waals surface area contributed by atoms with E-state index >= 15 is 0 Å². The molecule has 1 saturated heterocycles. The van der Waals surface area contributed by atoms with Crippen molar-refractivity contribution in [2.75, 3.05) is 11.4 Å². The van der Waals surface area contributed by atoms with Crippen molar-refractivity contribution in [2.45, 2.75) is 83.8 Å². The Morgan fingerprint density at radius 2 is 2.14 bits per heavy atom. The van der Waals surface area contributed by atoms with Gasteiger partial charge >= 0.3 is 0 Å². The fraction of sp³-hybridized carbons (Fsp3) is 0.824. The minimum Gasteiger partial charge on any atom is -0.342 e. The van der Waals surface area contributed by atoms with Gasteiger partial charge in [0, 0.05) is 17.0 Å². The van der Waals surface area contributed by atoms with Crippen LogP contribution in [0.4, 0.5) is 5.13 Å². The maximum absolute atomic E-state index is 5.10. The number of hydrogen-bond acceptors (Lipinski definition) is 4. The molecular formula is C17H29N3S. The van der Waals surface area contributed by atoms with Crippen LogP contribution in [0.2, 0.25) is 0 Å². The van der Waals surface area contributed by atoms with Crippen molar-refractivity contribution in [2.24, 2.45) is 0 Å². The Hall–Kier alpha value is -0.610. The molecule has 3 unspecified atom stereocenters. The second-order valence-electron chi connectivity index (χ2n) is 6.60.